The molecule has 0 aliphatic heterocycles. The highest BCUT2D eigenvalue weighted by Gasteiger charge is 2.12. The van der Waals surface area contributed by atoms with E-state index in [9.17, 15) is 9.90 Å². The fourth-order valence-electron chi connectivity index (χ4n) is 1.52. The molecule has 1 aromatic heterocycles. The molecule has 0 aliphatic rings. The van der Waals surface area contributed by atoms with Crippen LogP contribution in [0.5, 0.6) is 0 Å². The van der Waals surface area contributed by atoms with Gasteiger partial charge in [-0.1, -0.05) is 13.8 Å². The van der Waals surface area contributed by atoms with Crippen LogP contribution in [-0.2, 0) is 11.3 Å². The number of hydrogen-bond acceptors (Lipinski definition) is 5. The molecule has 0 saturated carbocycles. The molecule has 0 bridgehead atoms. The molecule has 108 valence electrons. The average Bonchev–Trinajstić information content (AvgIpc) is 2.37. The average molecular weight is 269 g/mol. The van der Waals surface area contributed by atoms with E-state index in [4.69, 9.17) is 4.74 Å². The summed E-state index contributed by atoms with van der Waals surface area (Å²) in [6, 6.07) is 1.52. The minimum atomic E-state index is -0.567. The smallest absolute Gasteiger partial charge is 0.268 e. The van der Waals surface area contributed by atoms with Crippen LogP contribution in [0.25, 0.3) is 0 Å². The standard InChI is InChI=1S/C13H23N3O3/c1-10(2)12(17)9-16-13(18)7-11(8-14-16)15(3)5-6-19-4/h7-8,10,12,17H,5-6,9H2,1-4H3. The van der Waals surface area contributed by atoms with Crippen molar-refractivity contribution in [1.82, 2.24) is 9.78 Å². The Morgan fingerprint density at radius 1 is 1.53 bits per heavy atom. The van der Waals surface area contributed by atoms with Crippen molar-refractivity contribution in [3.8, 4) is 0 Å². The van der Waals surface area contributed by atoms with Gasteiger partial charge in [-0.25, -0.2) is 4.68 Å². The number of nitrogens with zero attached hydrogens (tertiary/aromatic N) is 3. The molecule has 0 saturated heterocycles. The molecule has 0 spiro atoms. The number of aromatic nitrogens is 2. The normalized spacial score (nSPS) is 12.7. The monoisotopic (exact) mass is 269 g/mol. The summed E-state index contributed by atoms with van der Waals surface area (Å²) in [4.78, 5) is 13.8. The highest BCUT2D eigenvalue weighted by molar-refractivity contribution is 5.41. The minimum absolute atomic E-state index is 0.0951. The van der Waals surface area contributed by atoms with E-state index in [1.54, 1.807) is 13.3 Å². The SMILES string of the molecule is COCCN(C)c1cnn(CC(O)C(C)C)c(=O)c1. The largest absolute Gasteiger partial charge is 0.391 e. The lowest BCUT2D eigenvalue weighted by Crippen LogP contribution is -2.32. The molecule has 1 atom stereocenters. The molecule has 1 rings (SSSR count). The van der Waals surface area contributed by atoms with Crippen LogP contribution in [0.15, 0.2) is 17.1 Å². The van der Waals surface area contributed by atoms with Gasteiger partial charge < -0.3 is 14.7 Å². The molecule has 0 radical (unpaired) electrons. The van der Waals surface area contributed by atoms with E-state index in [-0.39, 0.29) is 18.0 Å². The fraction of sp³-hybridized carbons (Fsp3) is 0.692. The van der Waals surface area contributed by atoms with Crippen molar-refractivity contribution in [1.29, 1.82) is 0 Å². The van der Waals surface area contributed by atoms with Gasteiger partial charge in [-0.2, -0.15) is 5.10 Å². The zero-order valence-electron chi connectivity index (χ0n) is 12.0. The van der Waals surface area contributed by atoms with Crippen LogP contribution < -0.4 is 10.5 Å². The van der Waals surface area contributed by atoms with Crippen molar-refractivity contribution in [2.24, 2.45) is 5.92 Å². The molecule has 1 unspecified atom stereocenters. The van der Waals surface area contributed by atoms with Crippen molar-refractivity contribution in [3.63, 3.8) is 0 Å². The predicted molar refractivity (Wildman–Crippen MR) is 74.5 cm³/mol. The second-order valence-corrected chi connectivity index (χ2v) is 4.96. The van der Waals surface area contributed by atoms with Gasteiger partial charge in [-0.05, 0) is 5.92 Å². The summed E-state index contributed by atoms with van der Waals surface area (Å²) in [6.45, 7) is 5.31. The summed E-state index contributed by atoms with van der Waals surface area (Å²) in [7, 11) is 3.51. The van der Waals surface area contributed by atoms with E-state index >= 15 is 0 Å². The maximum Gasteiger partial charge on any atom is 0.268 e. The van der Waals surface area contributed by atoms with Gasteiger partial charge >= 0.3 is 0 Å². The first-order chi connectivity index (χ1) is 8.95. The third-order valence-corrected chi connectivity index (χ3v) is 3.06. The van der Waals surface area contributed by atoms with Gasteiger partial charge in [0, 0.05) is 26.8 Å². The second-order valence-electron chi connectivity index (χ2n) is 4.96. The van der Waals surface area contributed by atoms with Gasteiger partial charge in [0.25, 0.3) is 5.56 Å². The number of rotatable bonds is 7. The van der Waals surface area contributed by atoms with E-state index in [1.807, 2.05) is 25.8 Å². The Morgan fingerprint density at radius 3 is 2.74 bits per heavy atom. The van der Waals surface area contributed by atoms with E-state index in [0.29, 0.717) is 13.2 Å². The van der Waals surface area contributed by atoms with E-state index in [1.165, 1.54) is 10.7 Å². The summed E-state index contributed by atoms with van der Waals surface area (Å²) in [5.74, 6) is 0.0951. The summed E-state index contributed by atoms with van der Waals surface area (Å²) in [5.41, 5.74) is 0.541. The summed E-state index contributed by atoms with van der Waals surface area (Å²) in [5, 5.41) is 13.9. The summed E-state index contributed by atoms with van der Waals surface area (Å²) >= 11 is 0. The maximum atomic E-state index is 11.9. The van der Waals surface area contributed by atoms with Crippen molar-refractivity contribution in [2.45, 2.75) is 26.5 Å². The Morgan fingerprint density at radius 2 is 2.21 bits per heavy atom. The van der Waals surface area contributed by atoms with Gasteiger partial charge in [0.2, 0.25) is 0 Å². The minimum Gasteiger partial charge on any atom is -0.391 e. The van der Waals surface area contributed by atoms with Crippen LogP contribution in [0.2, 0.25) is 0 Å². The highest BCUT2D eigenvalue weighted by atomic mass is 16.5. The van der Waals surface area contributed by atoms with Crippen LogP contribution >= 0.6 is 0 Å². The molecule has 0 fully saturated rings. The predicted octanol–water partition coefficient (Wildman–Crippen LogP) is 0.343. The number of aliphatic hydroxyl groups is 1. The molecular formula is C13H23N3O3. The topological polar surface area (TPSA) is 67.6 Å². The summed E-state index contributed by atoms with van der Waals surface area (Å²) in [6.07, 6.45) is 1.06. The molecule has 0 amide bonds. The Kier molecular flexibility index (Phi) is 5.98. The molecule has 6 nitrogen and oxygen atoms in total. The lowest BCUT2D eigenvalue weighted by molar-refractivity contribution is 0.101. The van der Waals surface area contributed by atoms with Crippen LogP contribution in [0.4, 0.5) is 5.69 Å². The third-order valence-electron chi connectivity index (χ3n) is 3.06. The van der Waals surface area contributed by atoms with E-state index in [0.717, 1.165) is 5.69 Å². The van der Waals surface area contributed by atoms with Gasteiger partial charge in [-0.15, -0.1) is 0 Å². The first-order valence-electron chi connectivity index (χ1n) is 6.41. The second kappa shape index (κ2) is 7.25. The number of methoxy groups -OCH3 is 1. The van der Waals surface area contributed by atoms with E-state index in [2.05, 4.69) is 5.10 Å². The molecule has 6 heteroatoms. The Hall–Kier alpha value is -1.40. The Bertz CT molecular complexity index is 445. The third kappa shape index (κ3) is 4.65. The Labute approximate surface area is 113 Å². The number of aliphatic hydroxyl groups excluding tert-OH is 1. The molecule has 1 aromatic rings. The van der Waals surface area contributed by atoms with Crippen LogP contribution in [0.3, 0.4) is 0 Å². The lowest BCUT2D eigenvalue weighted by Gasteiger charge is -2.19. The molecule has 0 aliphatic carbocycles. The number of likely N-dealkylation sites (N-methyl/N-ethyl adjacent to an activating group) is 1. The van der Waals surface area contributed by atoms with Crippen LogP contribution in [0.1, 0.15) is 13.8 Å². The molecule has 19 heavy (non-hydrogen) atoms. The highest BCUT2D eigenvalue weighted by Crippen LogP contribution is 2.07. The zero-order valence-corrected chi connectivity index (χ0v) is 12.0. The van der Waals surface area contributed by atoms with Crippen LogP contribution in [0, 0.1) is 5.92 Å². The van der Waals surface area contributed by atoms with Crippen molar-refractivity contribution in [2.75, 3.05) is 32.2 Å². The molecule has 1 N–H and O–H groups in total. The van der Waals surface area contributed by atoms with Crippen molar-refractivity contribution in [3.05, 3.63) is 22.6 Å². The van der Waals surface area contributed by atoms with E-state index < -0.39 is 6.10 Å². The van der Waals surface area contributed by atoms with Crippen LogP contribution in [-0.4, -0.2) is 48.3 Å². The summed E-state index contributed by atoms with van der Waals surface area (Å²) < 4.78 is 6.28. The first kappa shape index (κ1) is 15.7. The molecular weight excluding hydrogens is 246 g/mol. The lowest BCUT2D eigenvalue weighted by atomic mass is 10.1. The number of hydrogen-bond donors (Lipinski definition) is 1. The van der Waals surface area contributed by atoms with Crippen molar-refractivity contribution >= 4 is 5.69 Å². The molecule has 1 heterocycles. The van der Waals surface area contributed by atoms with Gasteiger partial charge in [-0.3, -0.25) is 4.79 Å². The fourth-order valence-corrected chi connectivity index (χ4v) is 1.52. The zero-order chi connectivity index (χ0) is 14.4. The van der Waals surface area contributed by atoms with Gasteiger partial charge in [0.1, 0.15) is 0 Å². The number of ether oxygens (including phenoxy) is 1. The van der Waals surface area contributed by atoms with Gasteiger partial charge in [0.05, 0.1) is 31.1 Å². The van der Waals surface area contributed by atoms with Crippen molar-refractivity contribution < 1.29 is 9.84 Å². The maximum absolute atomic E-state index is 11.9. The Balaban J connectivity index is 2.77. The number of anilines is 1. The quantitative estimate of drug-likeness (QED) is 0.773. The van der Waals surface area contributed by atoms with Gasteiger partial charge in [0.15, 0.2) is 0 Å². The first-order valence-corrected chi connectivity index (χ1v) is 6.41. The molecule has 0 aromatic carbocycles.